The van der Waals surface area contributed by atoms with E-state index < -0.39 is 5.79 Å². The zero-order valence-corrected chi connectivity index (χ0v) is 18.4. The number of hydrogen-bond acceptors (Lipinski definition) is 4. The lowest BCUT2D eigenvalue weighted by Gasteiger charge is -2.37. The van der Waals surface area contributed by atoms with Crippen molar-refractivity contribution in [1.29, 1.82) is 0 Å². The Bertz CT molecular complexity index is 847. The van der Waals surface area contributed by atoms with E-state index in [1.807, 2.05) is 6.92 Å². The second kappa shape index (κ2) is 8.25. The summed E-state index contributed by atoms with van der Waals surface area (Å²) >= 11 is 0. The Morgan fingerprint density at radius 1 is 1.31 bits per heavy atom. The number of fused-ring (bicyclic) bond motifs is 1. The van der Waals surface area contributed by atoms with Crippen molar-refractivity contribution in [2.24, 2.45) is 5.92 Å². The van der Waals surface area contributed by atoms with Crippen molar-refractivity contribution in [3.63, 3.8) is 0 Å². The van der Waals surface area contributed by atoms with Crippen molar-refractivity contribution in [1.82, 2.24) is 0 Å². The molecule has 0 bridgehead atoms. The third-order valence-electron chi connectivity index (χ3n) is 6.03. The van der Waals surface area contributed by atoms with Gasteiger partial charge in [0, 0.05) is 25.3 Å². The molecule has 0 saturated heterocycles. The highest BCUT2D eigenvalue weighted by molar-refractivity contribution is 5.96. The number of aromatic hydroxyl groups is 1. The van der Waals surface area contributed by atoms with Crippen LogP contribution >= 0.6 is 0 Å². The maximum atomic E-state index is 13.0. The Hall–Kier alpha value is -2.23. The lowest BCUT2D eigenvalue weighted by atomic mass is 9.73. The standard InChI is InChI=1S/C25H34O4/c1-7-8-9-10-17-14-20(26)22(19-13-16(4)11-12-18(19)15(2)3)23-21(17)24(27)29-25(5,6)28-23/h13-14,18-19,26H,2,7-12H2,1,3-6H3. The van der Waals surface area contributed by atoms with E-state index in [2.05, 4.69) is 26.5 Å². The molecule has 0 amide bonds. The van der Waals surface area contributed by atoms with Crippen LogP contribution in [0.4, 0.5) is 0 Å². The minimum absolute atomic E-state index is 0.0682. The average Bonchev–Trinajstić information content (AvgIpc) is 2.60. The van der Waals surface area contributed by atoms with Gasteiger partial charge in [-0.15, -0.1) is 0 Å². The molecule has 0 aromatic heterocycles. The second-order valence-corrected chi connectivity index (χ2v) is 9.05. The Kier molecular flexibility index (Phi) is 6.11. The van der Waals surface area contributed by atoms with Gasteiger partial charge in [0.1, 0.15) is 17.1 Å². The number of cyclic esters (lactones) is 1. The van der Waals surface area contributed by atoms with Crippen molar-refractivity contribution in [3.05, 3.63) is 46.6 Å². The maximum Gasteiger partial charge on any atom is 0.345 e. The van der Waals surface area contributed by atoms with Crippen LogP contribution in [0, 0.1) is 5.92 Å². The summed E-state index contributed by atoms with van der Waals surface area (Å²) in [6.07, 6.45) is 8.02. The Morgan fingerprint density at radius 3 is 2.69 bits per heavy atom. The predicted molar refractivity (Wildman–Crippen MR) is 115 cm³/mol. The number of allylic oxidation sites excluding steroid dienone is 3. The summed E-state index contributed by atoms with van der Waals surface area (Å²) < 4.78 is 11.8. The molecule has 4 nitrogen and oxygen atoms in total. The third-order valence-corrected chi connectivity index (χ3v) is 6.03. The molecule has 1 aliphatic heterocycles. The van der Waals surface area contributed by atoms with Crippen molar-refractivity contribution in [3.8, 4) is 11.5 Å². The van der Waals surface area contributed by atoms with Crippen molar-refractivity contribution in [2.45, 2.75) is 84.8 Å². The summed E-state index contributed by atoms with van der Waals surface area (Å²) in [4.78, 5) is 13.0. The molecular formula is C25H34O4. The summed E-state index contributed by atoms with van der Waals surface area (Å²) in [5, 5.41) is 11.1. The van der Waals surface area contributed by atoms with Crippen LogP contribution in [0.3, 0.4) is 0 Å². The number of phenolic OH excluding ortho intramolecular Hbond substituents is 1. The summed E-state index contributed by atoms with van der Waals surface area (Å²) in [5.74, 6) is -0.625. The van der Waals surface area contributed by atoms with Crippen molar-refractivity contribution < 1.29 is 19.4 Å². The van der Waals surface area contributed by atoms with Crippen molar-refractivity contribution in [2.75, 3.05) is 0 Å². The van der Waals surface area contributed by atoms with Gasteiger partial charge in [-0.25, -0.2) is 4.79 Å². The summed E-state index contributed by atoms with van der Waals surface area (Å²) in [5.41, 5.74) is 4.34. The Morgan fingerprint density at radius 2 is 2.03 bits per heavy atom. The molecule has 4 heteroatoms. The molecule has 3 rings (SSSR count). The third kappa shape index (κ3) is 4.36. The first kappa shape index (κ1) is 21.5. The smallest absolute Gasteiger partial charge is 0.345 e. The van der Waals surface area contributed by atoms with Gasteiger partial charge in [0.05, 0.1) is 0 Å². The molecule has 2 aliphatic rings. The minimum atomic E-state index is -1.07. The van der Waals surface area contributed by atoms with E-state index in [1.54, 1.807) is 19.9 Å². The molecular weight excluding hydrogens is 364 g/mol. The molecule has 0 saturated carbocycles. The molecule has 158 valence electrons. The number of carbonyl (C=O) groups is 1. The van der Waals surface area contributed by atoms with Gasteiger partial charge < -0.3 is 14.6 Å². The summed E-state index contributed by atoms with van der Waals surface area (Å²) in [6.45, 7) is 13.9. The normalized spacial score (nSPS) is 22.9. The number of esters is 1. The number of unbranched alkanes of at least 4 members (excludes halogenated alkanes) is 2. The molecule has 1 N–H and O–H groups in total. The molecule has 2 unspecified atom stereocenters. The van der Waals surface area contributed by atoms with E-state index in [4.69, 9.17) is 9.47 Å². The number of phenols is 1. The van der Waals surface area contributed by atoms with Crippen molar-refractivity contribution >= 4 is 5.97 Å². The van der Waals surface area contributed by atoms with Crippen LogP contribution in [0.2, 0.25) is 0 Å². The van der Waals surface area contributed by atoms with Gasteiger partial charge in [-0.1, -0.05) is 43.6 Å². The van der Waals surface area contributed by atoms with Gasteiger partial charge in [0.25, 0.3) is 0 Å². The van der Waals surface area contributed by atoms with E-state index in [1.165, 1.54) is 5.57 Å². The average molecular weight is 399 g/mol. The molecule has 0 radical (unpaired) electrons. The van der Waals surface area contributed by atoms with Gasteiger partial charge in [-0.05, 0) is 57.1 Å². The lowest BCUT2D eigenvalue weighted by molar-refractivity contribution is -0.128. The van der Waals surface area contributed by atoms with Crippen LogP contribution in [-0.2, 0) is 11.2 Å². The monoisotopic (exact) mass is 398 g/mol. The minimum Gasteiger partial charge on any atom is -0.507 e. The molecule has 29 heavy (non-hydrogen) atoms. The zero-order chi connectivity index (χ0) is 21.3. The van der Waals surface area contributed by atoms with Crippen LogP contribution in [-0.4, -0.2) is 16.9 Å². The highest BCUT2D eigenvalue weighted by Gasteiger charge is 2.41. The largest absolute Gasteiger partial charge is 0.507 e. The van der Waals surface area contributed by atoms with Gasteiger partial charge in [-0.3, -0.25) is 0 Å². The van der Waals surface area contributed by atoms with E-state index >= 15 is 0 Å². The quantitative estimate of drug-likeness (QED) is 0.341. The van der Waals surface area contributed by atoms with Crippen LogP contribution in [0.25, 0.3) is 0 Å². The first-order chi connectivity index (χ1) is 13.6. The fraction of sp³-hybridized carbons (Fsp3) is 0.560. The van der Waals surface area contributed by atoms with Gasteiger partial charge in [0.2, 0.25) is 5.79 Å². The molecule has 1 aliphatic carbocycles. The zero-order valence-electron chi connectivity index (χ0n) is 18.4. The topological polar surface area (TPSA) is 55.8 Å². The van der Waals surface area contributed by atoms with E-state index in [0.717, 1.165) is 43.2 Å². The number of benzene rings is 1. The number of hydrogen-bond donors (Lipinski definition) is 1. The number of ether oxygens (including phenoxy) is 2. The maximum absolute atomic E-state index is 13.0. The summed E-state index contributed by atoms with van der Waals surface area (Å²) in [7, 11) is 0. The Balaban J connectivity index is 2.20. The highest BCUT2D eigenvalue weighted by atomic mass is 16.7. The lowest BCUT2D eigenvalue weighted by Crippen LogP contribution is -2.40. The molecule has 0 fully saturated rings. The first-order valence-corrected chi connectivity index (χ1v) is 10.8. The molecule has 1 heterocycles. The fourth-order valence-corrected chi connectivity index (χ4v) is 4.57. The highest BCUT2D eigenvalue weighted by Crippen LogP contribution is 2.50. The number of rotatable bonds is 6. The number of carbonyl (C=O) groups excluding carboxylic acids is 1. The van der Waals surface area contributed by atoms with Crippen LogP contribution in [0.15, 0.2) is 29.9 Å². The second-order valence-electron chi connectivity index (χ2n) is 9.05. The van der Waals surface area contributed by atoms with Gasteiger partial charge in [-0.2, -0.15) is 0 Å². The van der Waals surface area contributed by atoms with E-state index in [9.17, 15) is 9.90 Å². The van der Waals surface area contributed by atoms with Crippen LogP contribution in [0.5, 0.6) is 11.5 Å². The molecule has 0 spiro atoms. The molecule has 1 aromatic carbocycles. The molecule has 2 atom stereocenters. The van der Waals surface area contributed by atoms with Crippen LogP contribution < -0.4 is 4.74 Å². The Labute approximate surface area is 174 Å². The SMILES string of the molecule is C=C(C)C1CCC(C)=CC1c1c(O)cc(CCCCC)c2c1OC(C)(C)OC2=O. The van der Waals surface area contributed by atoms with Gasteiger partial charge in [0.15, 0.2) is 0 Å². The van der Waals surface area contributed by atoms with E-state index in [-0.39, 0.29) is 23.6 Å². The number of aryl methyl sites for hydroxylation is 1. The van der Waals surface area contributed by atoms with E-state index in [0.29, 0.717) is 23.3 Å². The molecule has 1 aromatic rings. The van der Waals surface area contributed by atoms with Gasteiger partial charge >= 0.3 is 5.97 Å². The fourth-order valence-electron chi connectivity index (χ4n) is 4.57. The van der Waals surface area contributed by atoms with Crippen LogP contribution in [0.1, 0.15) is 94.1 Å². The predicted octanol–water partition coefficient (Wildman–Crippen LogP) is 6.43. The first-order valence-electron chi connectivity index (χ1n) is 10.8. The summed E-state index contributed by atoms with van der Waals surface area (Å²) in [6, 6.07) is 1.75.